The average Bonchev–Trinajstić information content (AvgIpc) is 2.53. The van der Waals surface area contributed by atoms with Crippen LogP contribution in [0.3, 0.4) is 0 Å². The van der Waals surface area contributed by atoms with Crippen LogP contribution in [0, 0.1) is 0 Å². The van der Waals surface area contributed by atoms with Crippen LogP contribution in [-0.4, -0.2) is 15.9 Å². The molecule has 2 aromatic carbocycles. The maximum Gasteiger partial charge on any atom is 0.141 e. The lowest BCUT2D eigenvalue weighted by Gasteiger charge is -2.10. The first-order valence-corrected chi connectivity index (χ1v) is 7.86. The van der Waals surface area contributed by atoms with E-state index in [1.165, 1.54) is 12.8 Å². The van der Waals surface area contributed by atoms with Crippen LogP contribution in [0.2, 0.25) is 0 Å². The van der Waals surface area contributed by atoms with Gasteiger partial charge in [0.05, 0.1) is 5.71 Å². The Morgan fingerprint density at radius 3 is 2.23 bits per heavy atom. The van der Waals surface area contributed by atoms with Gasteiger partial charge in [0.25, 0.3) is 0 Å². The molecular weight excluding hydrogens is 274 g/mol. The Kier molecular flexibility index (Phi) is 6.01. The monoisotopic (exact) mass is 297 g/mol. The fraction of sp³-hybridized carbons (Fsp3) is 0.316. The summed E-state index contributed by atoms with van der Waals surface area (Å²) >= 11 is 0. The van der Waals surface area contributed by atoms with Crippen molar-refractivity contribution in [1.82, 2.24) is 0 Å². The van der Waals surface area contributed by atoms with Gasteiger partial charge in [-0.2, -0.15) is 0 Å². The molecule has 0 aliphatic heterocycles. The highest BCUT2D eigenvalue weighted by atomic mass is 16.3. The van der Waals surface area contributed by atoms with Gasteiger partial charge in [0.2, 0.25) is 0 Å². The summed E-state index contributed by atoms with van der Waals surface area (Å²) in [5.74, 6) is 0.385. The molecule has 0 fully saturated rings. The second kappa shape index (κ2) is 8.23. The summed E-state index contributed by atoms with van der Waals surface area (Å²) in [5, 5.41) is 20.0. The number of nitrogens with zero attached hydrogens (tertiary/aromatic N) is 1. The van der Waals surface area contributed by atoms with Gasteiger partial charge in [-0.05, 0) is 37.1 Å². The van der Waals surface area contributed by atoms with Crippen molar-refractivity contribution in [3.05, 3.63) is 54.1 Å². The van der Waals surface area contributed by atoms with E-state index in [-0.39, 0.29) is 11.5 Å². The lowest BCUT2D eigenvalue weighted by atomic mass is 10.0. The molecule has 0 heterocycles. The average molecular weight is 297 g/mol. The molecular formula is C19H23NO2. The van der Waals surface area contributed by atoms with Crippen LogP contribution in [0.4, 0.5) is 5.69 Å². The zero-order valence-corrected chi connectivity index (χ0v) is 13.0. The molecule has 2 rings (SSSR count). The third-order valence-corrected chi connectivity index (χ3v) is 3.62. The molecule has 0 saturated heterocycles. The van der Waals surface area contributed by atoms with Gasteiger partial charge in [0, 0.05) is 5.56 Å². The maximum atomic E-state index is 10.1. The van der Waals surface area contributed by atoms with Crippen molar-refractivity contribution in [2.75, 3.05) is 0 Å². The summed E-state index contributed by atoms with van der Waals surface area (Å²) in [6.07, 6.45) is 5.33. The van der Waals surface area contributed by atoms with Crippen molar-refractivity contribution in [2.24, 2.45) is 4.99 Å². The predicted octanol–water partition coefficient (Wildman–Crippen LogP) is 5.19. The molecule has 3 heteroatoms. The molecule has 0 spiro atoms. The lowest BCUT2D eigenvalue weighted by Crippen LogP contribution is -2.01. The molecule has 0 radical (unpaired) electrons. The Labute approximate surface area is 132 Å². The van der Waals surface area contributed by atoms with Crippen molar-refractivity contribution >= 4 is 11.4 Å². The van der Waals surface area contributed by atoms with E-state index in [0.29, 0.717) is 5.69 Å². The molecule has 2 N–H and O–H groups in total. The third-order valence-electron chi connectivity index (χ3n) is 3.62. The van der Waals surface area contributed by atoms with Crippen LogP contribution in [0.25, 0.3) is 0 Å². The van der Waals surface area contributed by atoms with E-state index in [2.05, 4.69) is 11.9 Å². The van der Waals surface area contributed by atoms with Gasteiger partial charge in [-0.3, -0.25) is 0 Å². The van der Waals surface area contributed by atoms with Crippen LogP contribution < -0.4 is 0 Å². The fourth-order valence-corrected chi connectivity index (χ4v) is 2.39. The Bertz CT molecular complexity index is 635. The second-order valence-corrected chi connectivity index (χ2v) is 5.38. The molecule has 0 aromatic heterocycles. The van der Waals surface area contributed by atoms with Crippen LogP contribution in [0.1, 0.15) is 44.6 Å². The van der Waals surface area contributed by atoms with Crippen molar-refractivity contribution in [1.29, 1.82) is 0 Å². The summed E-state index contributed by atoms with van der Waals surface area (Å²) in [7, 11) is 0. The number of phenolic OH excluding ortho intramolecular Hbond substituents is 2. The minimum Gasteiger partial charge on any atom is -0.507 e. The summed E-state index contributed by atoms with van der Waals surface area (Å²) in [5.41, 5.74) is 2.09. The van der Waals surface area contributed by atoms with Crippen LogP contribution >= 0.6 is 0 Å². The molecule has 3 nitrogen and oxygen atoms in total. The highest BCUT2D eigenvalue weighted by Crippen LogP contribution is 2.28. The summed E-state index contributed by atoms with van der Waals surface area (Å²) in [4.78, 5) is 4.59. The maximum absolute atomic E-state index is 10.1. The van der Waals surface area contributed by atoms with Crippen molar-refractivity contribution in [2.45, 2.75) is 39.0 Å². The van der Waals surface area contributed by atoms with Gasteiger partial charge in [-0.15, -0.1) is 0 Å². The number of aliphatic imine (C=N–C) groups is 1. The smallest absolute Gasteiger partial charge is 0.141 e. The first-order chi connectivity index (χ1) is 10.7. The third kappa shape index (κ3) is 4.35. The number of para-hydroxylation sites is 3. The zero-order valence-electron chi connectivity index (χ0n) is 13.0. The van der Waals surface area contributed by atoms with Gasteiger partial charge in [-0.1, -0.05) is 50.5 Å². The first-order valence-electron chi connectivity index (χ1n) is 7.86. The van der Waals surface area contributed by atoms with Gasteiger partial charge < -0.3 is 10.2 Å². The number of benzene rings is 2. The van der Waals surface area contributed by atoms with Crippen LogP contribution in [-0.2, 0) is 0 Å². The van der Waals surface area contributed by atoms with Gasteiger partial charge in [0.15, 0.2) is 0 Å². The number of rotatable bonds is 7. The molecule has 0 bridgehead atoms. The van der Waals surface area contributed by atoms with Crippen molar-refractivity contribution < 1.29 is 10.2 Å². The van der Waals surface area contributed by atoms with E-state index in [0.717, 1.165) is 30.5 Å². The molecule has 0 atom stereocenters. The molecule has 0 amide bonds. The molecule has 0 aliphatic rings. The highest BCUT2D eigenvalue weighted by molar-refractivity contribution is 6.04. The second-order valence-electron chi connectivity index (χ2n) is 5.38. The largest absolute Gasteiger partial charge is 0.507 e. The number of hydrogen-bond donors (Lipinski definition) is 2. The standard InChI is InChI=1S/C19H23NO2/c1-2-3-4-5-11-16(15-10-6-8-13-18(15)21)20-17-12-7-9-14-19(17)22/h6-10,12-14,21-22H,2-5,11H2,1H3. The molecule has 0 aliphatic carbocycles. The SMILES string of the molecule is CCCCCCC(=Nc1ccccc1O)c1ccccc1O. The zero-order chi connectivity index (χ0) is 15.8. The van der Waals surface area contributed by atoms with E-state index < -0.39 is 0 Å². The normalized spacial score (nSPS) is 11.6. The molecule has 116 valence electrons. The minimum absolute atomic E-state index is 0.156. The topological polar surface area (TPSA) is 52.8 Å². The molecule has 0 unspecified atom stereocenters. The Morgan fingerprint density at radius 2 is 1.55 bits per heavy atom. The van der Waals surface area contributed by atoms with Crippen LogP contribution in [0.15, 0.2) is 53.5 Å². The quantitative estimate of drug-likeness (QED) is 0.546. The van der Waals surface area contributed by atoms with E-state index in [1.54, 1.807) is 30.3 Å². The highest BCUT2D eigenvalue weighted by Gasteiger charge is 2.10. The van der Waals surface area contributed by atoms with Crippen molar-refractivity contribution in [3.63, 3.8) is 0 Å². The van der Waals surface area contributed by atoms with Gasteiger partial charge in [-0.25, -0.2) is 4.99 Å². The fourth-order valence-electron chi connectivity index (χ4n) is 2.39. The minimum atomic E-state index is 0.156. The van der Waals surface area contributed by atoms with E-state index in [9.17, 15) is 10.2 Å². The van der Waals surface area contributed by atoms with Gasteiger partial charge in [0.1, 0.15) is 17.2 Å². The number of hydrogen-bond acceptors (Lipinski definition) is 3. The van der Waals surface area contributed by atoms with Gasteiger partial charge >= 0.3 is 0 Å². The molecule has 2 aromatic rings. The van der Waals surface area contributed by atoms with E-state index in [4.69, 9.17) is 0 Å². The molecule has 22 heavy (non-hydrogen) atoms. The summed E-state index contributed by atoms with van der Waals surface area (Å²) in [6, 6.07) is 14.2. The number of unbranched alkanes of at least 4 members (excludes halogenated alkanes) is 3. The Balaban J connectivity index is 2.29. The predicted molar refractivity (Wildman–Crippen MR) is 91.2 cm³/mol. The van der Waals surface area contributed by atoms with Crippen molar-refractivity contribution in [3.8, 4) is 11.5 Å². The number of phenols is 2. The Hall–Kier alpha value is -2.29. The number of aromatic hydroxyl groups is 2. The molecule has 0 saturated carbocycles. The first kappa shape index (κ1) is 16.1. The summed E-state index contributed by atoms with van der Waals surface area (Å²) in [6.45, 7) is 2.18. The van der Waals surface area contributed by atoms with Crippen LogP contribution in [0.5, 0.6) is 11.5 Å². The van der Waals surface area contributed by atoms with E-state index in [1.807, 2.05) is 18.2 Å². The van der Waals surface area contributed by atoms with E-state index >= 15 is 0 Å². The lowest BCUT2D eigenvalue weighted by molar-refractivity contribution is 0.473. The Morgan fingerprint density at radius 1 is 0.864 bits per heavy atom. The summed E-state index contributed by atoms with van der Waals surface area (Å²) < 4.78 is 0.